The Labute approximate surface area is 99.0 Å². The lowest BCUT2D eigenvalue weighted by atomic mass is 10.2. The second kappa shape index (κ2) is 3.93. The Hall–Kier alpha value is -2.30. The van der Waals surface area contributed by atoms with Crippen molar-refractivity contribution in [3.63, 3.8) is 0 Å². The molecule has 0 bridgehead atoms. The van der Waals surface area contributed by atoms with Gasteiger partial charge in [0, 0.05) is 6.20 Å². The summed E-state index contributed by atoms with van der Waals surface area (Å²) in [6.07, 6.45) is 1.72. The number of hydrogen-bond donors (Lipinski definition) is 3. The normalized spacial score (nSPS) is 10.5. The number of nitrogens with zero attached hydrogens (tertiary/aromatic N) is 2. The number of phenolic OH excluding ortho intramolecular Hbond substituents is 1. The molecule has 17 heavy (non-hydrogen) atoms. The molecule has 5 nitrogen and oxygen atoms in total. The van der Waals surface area contributed by atoms with E-state index in [0.29, 0.717) is 11.3 Å². The van der Waals surface area contributed by atoms with Gasteiger partial charge in [-0.1, -0.05) is 0 Å². The molecule has 88 valence electrons. The first-order chi connectivity index (χ1) is 7.99. The third kappa shape index (κ3) is 1.99. The second-order valence-corrected chi connectivity index (χ2v) is 3.96. The zero-order chi connectivity index (χ0) is 12.6. The van der Waals surface area contributed by atoms with Gasteiger partial charge in [0.1, 0.15) is 11.6 Å². The molecule has 1 heterocycles. The molecule has 0 amide bonds. The molecule has 0 saturated heterocycles. The van der Waals surface area contributed by atoms with E-state index < -0.39 is 0 Å². The lowest BCUT2D eigenvalue weighted by molar-refractivity contribution is 0.474. The first-order valence-electron chi connectivity index (χ1n) is 5.19. The van der Waals surface area contributed by atoms with Crippen LogP contribution in [-0.4, -0.2) is 20.7 Å². The van der Waals surface area contributed by atoms with E-state index in [2.05, 4.69) is 5.10 Å². The molecular weight excluding hydrogens is 216 g/mol. The highest BCUT2D eigenvalue weighted by Crippen LogP contribution is 2.20. The van der Waals surface area contributed by atoms with Crippen LogP contribution in [0.1, 0.15) is 16.8 Å². The summed E-state index contributed by atoms with van der Waals surface area (Å²) in [6.45, 7) is 3.70. The van der Waals surface area contributed by atoms with Crippen molar-refractivity contribution in [1.82, 2.24) is 9.78 Å². The minimum absolute atomic E-state index is 0.00480. The Bertz CT molecular complexity index is 586. The molecule has 0 spiro atoms. The molecule has 1 aromatic heterocycles. The molecule has 0 aliphatic carbocycles. The van der Waals surface area contributed by atoms with Crippen LogP contribution in [0.3, 0.4) is 0 Å². The number of amidine groups is 1. The Morgan fingerprint density at radius 3 is 2.65 bits per heavy atom. The largest absolute Gasteiger partial charge is 0.508 e. The molecule has 2 aromatic rings. The number of phenols is 1. The highest BCUT2D eigenvalue weighted by molar-refractivity contribution is 5.95. The van der Waals surface area contributed by atoms with Gasteiger partial charge in [0.2, 0.25) is 0 Å². The van der Waals surface area contributed by atoms with Crippen molar-refractivity contribution in [1.29, 1.82) is 5.41 Å². The number of aromatic hydroxyl groups is 1. The maximum Gasteiger partial charge on any atom is 0.126 e. The monoisotopic (exact) mass is 230 g/mol. The number of benzene rings is 1. The average molecular weight is 230 g/mol. The molecule has 4 N–H and O–H groups in total. The van der Waals surface area contributed by atoms with E-state index in [4.69, 9.17) is 11.1 Å². The molecule has 1 aromatic carbocycles. The quantitative estimate of drug-likeness (QED) is 0.539. The summed E-state index contributed by atoms with van der Waals surface area (Å²) in [5.74, 6) is 0.229. The lowest BCUT2D eigenvalue weighted by Crippen LogP contribution is -2.11. The first kappa shape index (κ1) is 11.2. The summed E-state index contributed by atoms with van der Waals surface area (Å²) in [5.41, 5.74) is 8.56. The van der Waals surface area contributed by atoms with Crippen LogP contribution in [0.15, 0.2) is 24.4 Å². The van der Waals surface area contributed by atoms with Gasteiger partial charge in [0.25, 0.3) is 0 Å². The lowest BCUT2D eigenvalue weighted by Gasteiger charge is -2.05. The molecule has 2 rings (SSSR count). The van der Waals surface area contributed by atoms with Crippen LogP contribution in [-0.2, 0) is 0 Å². The summed E-state index contributed by atoms with van der Waals surface area (Å²) in [6, 6.07) is 5.05. The number of aryl methyl sites for hydroxylation is 2. The average Bonchev–Trinajstić information content (AvgIpc) is 2.60. The number of nitrogen functional groups attached to an aromatic ring is 1. The molecule has 0 unspecified atom stereocenters. The minimum Gasteiger partial charge on any atom is -0.508 e. The topological polar surface area (TPSA) is 87.9 Å². The van der Waals surface area contributed by atoms with Crippen molar-refractivity contribution >= 4 is 5.84 Å². The first-order valence-corrected chi connectivity index (χ1v) is 5.19. The molecular formula is C12H14N4O. The van der Waals surface area contributed by atoms with Crippen LogP contribution >= 0.6 is 0 Å². The van der Waals surface area contributed by atoms with Crippen molar-refractivity contribution in [2.75, 3.05) is 0 Å². The summed E-state index contributed by atoms with van der Waals surface area (Å²) in [4.78, 5) is 0. The summed E-state index contributed by atoms with van der Waals surface area (Å²) >= 11 is 0. The van der Waals surface area contributed by atoms with Crippen molar-refractivity contribution < 1.29 is 5.11 Å². The SMILES string of the molecule is Cc1cc(O)ccc1-n1cc(C(=N)N)c(C)n1. The fourth-order valence-electron chi connectivity index (χ4n) is 1.74. The predicted octanol–water partition coefficient (Wildman–Crippen LogP) is 1.48. The highest BCUT2D eigenvalue weighted by Gasteiger charge is 2.10. The smallest absolute Gasteiger partial charge is 0.126 e. The van der Waals surface area contributed by atoms with Gasteiger partial charge in [0.05, 0.1) is 16.9 Å². The van der Waals surface area contributed by atoms with E-state index in [9.17, 15) is 5.11 Å². The van der Waals surface area contributed by atoms with Gasteiger partial charge in [-0.2, -0.15) is 5.10 Å². The molecule has 5 heteroatoms. The number of rotatable bonds is 2. The van der Waals surface area contributed by atoms with Crippen LogP contribution in [0, 0.1) is 19.3 Å². The highest BCUT2D eigenvalue weighted by atomic mass is 16.3. The Kier molecular flexibility index (Phi) is 2.59. The van der Waals surface area contributed by atoms with Crippen LogP contribution in [0.2, 0.25) is 0 Å². The summed E-state index contributed by atoms with van der Waals surface area (Å²) < 4.78 is 1.67. The summed E-state index contributed by atoms with van der Waals surface area (Å²) in [7, 11) is 0. The van der Waals surface area contributed by atoms with E-state index in [1.807, 2.05) is 13.8 Å². The molecule has 0 aliphatic heterocycles. The van der Waals surface area contributed by atoms with Crippen molar-refractivity contribution in [2.24, 2.45) is 5.73 Å². The zero-order valence-electron chi connectivity index (χ0n) is 9.73. The number of nitrogens with one attached hydrogen (secondary N) is 1. The van der Waals surface area contributed by atoms with Crippen molar-refractivity contribution in [2.45, 2.75) is 13.8 Å². The summed E-state index contributed by atoms with van der Waals surface area (Å²) in [5, 5.41) is 21.1. The standard InChI is InChI=1S/C12H14N4O/c1-7-5-9(17)3-4-11(7)16-6-10(12(13)14)8(2)15-16/h3-6,17H,1-2H3,(H3,13,14). The van der Waals surface area contributed by atoms with Crippen LogP contribution in [0.4, 0.5) is 0 Å². The van der Waals surface area contributed by atoms with Crippen LogP contribution < -0.4 is 5.73 Å². The van der Waals surface area contributed by atoms with E-state index >= 15 is 0 Å². The molecule has 0 fully saturated rings. The van der Waals surface area contributed by atoms with Gasteiger partial charge in [-0.05, 0) is 37.6 Å². The van der Waals surface area contributed by atoms with E-state index in [-0.39, 0.29) is 11.6 Å². The second-order valence-electron chi connectivity index (χ2n) is 3.96. The van der Waals surface area contributed by atoms with Gasteiger partial charge in [-0.3, -0.25) is 5.41 Å². The number of nitrogens with two attached hydrogens (primary N) is 1. The zero-order valence-corrected chi connectivity index (χ0v) is 9.73. The van der Waals surface area contributed by atoms with Gasteiger partial charge in [0.15, 0.2) is 0 Å². The molecule has 0 saturated carbocycles. The molecule has 0 aliphatic rings. The fraction of sp³-hybridized carbons (Fsp3) is 0.167. The Balaban J connectivity index is 2.53. The Morgan fingerprint density at radius 1 is 1.41 bits per heavy atom. The van der Waals surface area contributed by atoms with Crippen molar-refractivity contribution in [3.05, 3.63) is 41.2 Å². The van der Waals surface area contributed by atoms with E-state index in [0.717, 1.165) is 11.3 Å². The third-order valence-corrected chi connectivity index (χ3v) is 2.62. The van der Waals surface area contributed by atoms with Gasteiger partial charge >= 0.3 is 0 Å². The minimum atomic E-state index is 0.00480. The maximum absolute atomic E-state index is 9.35. The predicted molar refractivity (Wildman–Crippen MR) is 65.7 cm³/mol. The van der Waals surface area contributed by atoms with Crippen LogP contribution in [0.5, 0.6) is 5.75 Å². The van der Waals surface area contributed by atoms with Gasteiger partial charge in [-0.25, -0.2) is 4.68 Å². The Morgan fingerprint density at radius 2 is 2.12 bits per heavy atom. The maximum atomic E-state index is 9.35. The van der Waals surface area contributed by atoms with Crippen molar-refractivity contribution in [3.8, 4) is 11.4 Å². The number of aromatic nitrogens is 2. The van der Waals surface area contributed by atoms with Gasteiger partial charge < -0.3 is 10.8 Å². The van der Waals surface area contributed by atoms with Crippen LogP contribution in [0.25, 0.3) is 5.69 Å². The number of hydrogen-bond acceptors (Lipinski definition) is 3. The van der Waals surface area contributed by atoms with E-state index in [1.165, 1.54) is 0 Å². The fourth-order valence-corrected chi connectivity index (χ4v) is 1.74. The molecule has 0 radical (unpaired) electrons. The van der Waals surface area contributed by atoms with Gasteiger partial charge in [-0.15, -0.1) is 0 Å². The molecule has 0 atom stereocenters. The van der Waals surface area contributed by atoms with E-state index in [1.54, 1.807) is 29.1 Å². The third-order valence-electron chi connectivity index (χ3n) is 2.62.